The molecule has 0 amide bonds. The number of benzene rings is 1. The second-order valence-corrected chi connectivity index (χ2v) is 5.49. The predicted octanol–water partition coefficient (Wildman–Crippen LogP) is 0.617. The highest BCUT2D eigenvalue weighted by atomic mass is 32.1. The number of hydrazine groups is 1. The van der Waals surface area contributed by atoms with Crippen LogP contribution < -0.4 is 20.4 Å². The lowest BCUT2D eigenvalue weighted by atomic mass is 10.3. The van der Waals surface area contributed by atoms with E-state index in [0.717, 1.165) is 26.2 Å². The van der Waals surface area contributed by atoms with Crippen molar-refractivity contribution in [3.63, 3.8) is 0 Å². The van der Waals surface area contributed by atoms with E-state index in [2.05, 4.69) is 22.5 Å². The molecule has 2 rings (SSSR count). The highest BCUT2D eigenvalue weighted by Crippen LogP contribution is 2.23. The fraction of sp³-hybridized carbons (Fsp3) is 0.462. The number of thiocarbonyl (C=S) groups is 1. The minimum Gasteiger partial charge on any atom is -0.406 e. The van der Waals surface area contributed by atoms with Gasteiger partial charge in [0.2, 0.25) is 0 Å². The number of quaternary nitrogens is 1. The first-order chi connectivity index (χ1) is 10.3. The molecule has 1 aromatic carbocycles. The van der Waals surface area contributed by atoms with Crippen molar-refractivity contribution in [3.8, 4) is 5.75 Å². The van der Waals surface area contributed by atoms with Crippen molar-refractivity contribution in [1.82, 2.24) is 10.4 Å². The van der Waals surface area contributed by atoms with Gasteiger partial charge in [0.05, 0.1) is 33.2 Å². The highest BCUT2D eigenvalue weighted by molar-refractivity contribution is 7.80. The molecule has 0 spiro atoms. The van der Waals surface area contributed by atoms with E-state index in [-0.39, 0.29) is 5.75 Å². The van der Waals surface area contributed by atoms with Gasteiger partial charge < -0.3 is 15.0 Å². The molecule has 0 unspecified atom stereocenters. The number of alkyl halides is 3. The van der Waals surface area contributed by atoms with Gasteiger partial charge in [-0.3, -0.25) is 5.43 Å². The number of anilines is 1. The maximum Gasteiger partial charge on any atom is 0.573 e. The third-order valence-corrected chi connectivity index (χ3v) is 3.42. The van der Waals surface area contributed by atoms with E-state index in [0.29, 0.717) is 10.8 Å². The van der Waals surface area contributed by atoms with Crippen LogP contribution in [0.15, 0.2) is 24.3 Å². The molecule has 3 N–H and O–H groups in total. The molecule has 0 aliphatic carbocycles. The van der Waals surface area contributed by atoms with Crippen molar-refractivity contribution in [1.29, 1.82) is 0 Å². The number of nitrogens with one attached hydrogen (secondary N) is 3. The Morgan fingerprint density at radius 2 is 1.82 bits per heavy atom. The van der Waals surface area contributed by atoms with E-state index in [1.54, 1.807) is 0 Å². The summed E-state index contributed by atoms with van der Waals surface area (Å²) in [5.74, 6) is -0.265. The molecule has 5 nitrogen and oxygen atoms in total. The molecule has 0 radical (unpaired) electrons. The Hall–Kier alpha value is -1.58. The van der Waals surface area contributed by atoms with Crippen LogP contribution >= 0.6 is 12.2 Å². The Kier molecular flexibility index (Phi) is 5.43. The number of hydrogen-bond donors (Lipinski definition) is 3. The lowest BCUT2D eigenvalue weighted by molar-refractivity contribution is -0.884. The molecule has 1 aromatic rings. The van der Waals surface area contributed by atoms with Crippen LogP contribution in [0, 0.1) is 0 Å². The van der Waals surface area contributed by atoms with Gasteiger partial charge in [0.1, 0.15) is 5.75 Å². The van der Waals surface area contributed by atoms with Crippen LogP contribution in [0.25, 0.3) is 0 Å². The van der Waals surface area contributed by atoms with Crippen LogP contribution in [0.5, 0.6) is 5.75 Å². The molecule has 122 valence electrons. The summed E-state index contributed by atoms with van der Waals surface area (Å²) in [5, 5.41) is 5.35. The van der Waals surface area contributed by atoms with Gasteiger partial charge in [-0.2, -0.15) is 0 Å². The number of likely N-dealkylation sites (N-methyl/N-ethyl adjacent to an activating group) is 1. The first kappa shape index (κ1) is 16.8. The van der Waals surface area contributed by atoms with Crippen LogP contribution in [0.2, 0.25) is 0 Å². The molecule has 1 saturated heterocycles. The van der Waals surface area contributed by atoms with Crippen molar-refractivity contribution in [2.75, 3.05) is 38.5 Å². The van der Waals surface area contributed by atoms with E-state index < -0.39 is 6.36 Å². The van der Waals surface area contributed by atoms with Gasteiger partial charge in [-0.05, 0) is 36.5 Å². The number of piperazine rings is 1. The third kappa shape index (κ3) is 5.66. The SMILES string of the molecule is C[NH+]1CCN(NC(=S)Nc2ccc(OC(F)(F)F)cc2)CC1. The van der Waals surface area contributed by atoms with E-state index >= 15 is 0 Å². The third-order valence-electron chi connectivity index (χ3n) is 3.22. The van der Waals surface area contributed by atoms with E-state index in [1.165, 1.54) is 29.2 Å². The normalized spacial score (nSPS) is 17.1. The van der Waals surface area contributed by atoms with Crippen LogP contribution in [-0.4, -0.2) is 49.7 Å². The van der Waals surface area contributed by atoms with Crippen LogP contribution in [0.3, 0.4) is 0 Å². The lowest BCUT2D eigenvalue weighted by Gasteiger charge is -2.31. The Bertz CT molecular complexity index is 501. The molecule has 9 heteroatoms. The van der Waals surface area contributed by atoms with E-state index in [1.807, 2.05) is 5.01 Å². The zero-order valence-electron chi connectivity index (χ0n) is 12.0. The van der Waals surface area contributed by atoms with Gasteiger partial charge in [-0.25, -0.2) is 5.01 Å². The molecular formula is C13H18F3N4OS+. The second-order valence-electron chi connectivity index (χ2n) is 5.08. The Balaban J connectivity index is 1.81. The number of ether oxygens (including phenoxy) is 1. The fourth-order valence-electron chi connectivity index (χ4n) is 2.04. The average Bonchev–Trinajstić information content (AvgIpc) is 2.42. The molecule has 22 heavy (non-hydrogen) atoms. The Morgan fingerprint density at radius 1 is 1.23 bits per heavy atom. The van der Waals surface area contributed by atoms with Gasteiger partial charge >= 0.3 is 6.36 Å². The van der Waals surface area contributed by atoms with Crippen LogP contribution in [-0.2, 0) is 0 Å². The molecule has 1 heterocycles. The standard InChI is InChI=1S/C13H17F3N4OS/c1-19-6-8-20(9-7-19)18-12(22)17-10-2-4-11(5-3-10)21-13(14,15)16/h2-5H,6-9H2,1H3,(H2,17,18,22)/p+1. The summed E-state index contributed by atoms with van der Waals surface area (Å²) >= 11 is 5.18. The maximum absolute atomic E-state index is 12.1. The van der Waals surface area contributed by atoms with Gasteiger partial charge in [0.15, 0.2) is 5.11 Å². The van der Waals surface area contributed by atoms with Crippen molar-refractivity contribution in [2.24, 2.45) is 0 Å². The van der Waals surface area contributed by atoms with Gasteiger partial charge in [0.25, 0.3) is 0 Å². The smallest absolute Gasteiger partial charge is 0.406 e. The van der Waals surface area contributed by atoms with Gasteiger partial charge in [-0.15, -0.1) is 13.2 Å². The quantitative estimate of drug-likeness (QED) is 0.707. The first-order valence-electron chi connectivity index (χ1n) is 6.81. The Labute approximate surface area is 132 Å². The van der Waals surface area contributed by atoms with Crippen LogP contribution in [0.1, 0.15) is 0 Å². The minimum absolute atomic E-state index is 0.265. The predicted molar refractivity (Wildman–Crippen MR) is 80.7 cm³/mol. The zero-order valence-corrected chi connectivity index (χ0v) is 12.9. The summed E-state index contributed by atoms with van der Waals surface area (Å²) in [4.78, 5) is 1.47. The number of hydrogen-bond acceptors (Lipinski definition) is 3. The average molecular weight is 335 g/mol. The molecule has 1 fully saturated rings. The van der Waals surface area contributed by atoms with Gasteiger partial charge in [0, 0.05) is 5.69 Å². The maximum atomic E-state index is 12.1. The highest BCUT2D eigenvalue weighted by Gasteiger charge is 2.30. The van der Waals surface area contributed by atoms with Crippen molar-refractivity contribution < 1.29 is 22.8 Å². The summed E-state index contributed by atoms with van der Waals surface area (Å²) in [6.07, 6.45) is -4.69. The summed E-state index contributed by atoms with van der Waals surface area (Å²) in [6, 6.07) is 5.42. The molecule has 0 bridgehead atoms. The summed E-state index contributed by atoms with van der Waals surface area (Å²) in [5.41, 5.74) is 3.66. The number of halogens is 3. The monoisotopic (exact) mass is 335 g/mol. The van der Waals surface area contributed by atoms with Crippen molar-refractivity contribution >= 4 is 23.0 Å². The second kappa shape index (κ2) is 7.12. The lowest BCUT2D eigenvalue weighted by Crippen LogP contribution is -3.12. The topological polar surface area (TPSA) is 41.0 Å². The van der Waals surface area contributed by atoms with Gasteiger partial charge in [-0.1, -0.05) is 0 Å². The molecule has 1 aliphatic rings. The summed E-state index contributed by atoms with van der Waals surface area (Å²) < 4.78 is 40.0. The van der Waals surface area contributed by atoms with Crippen molar-refractivity contribution in [3.05, 3.63) is 24.3 Å². The zero-order chi connectivity index (χ0) is 16.2. The summed E-state index contributed by atoms with van der Waals surface area (Å²) in [7, 11) is 2.14. The minimum atomic E-state index is -4.69. The largest absolute Gasteiger partial charge is 0.573 e. The first-order valence-corrected chi connectivity index (χ1v) is 7.22. The van der Waals surface area contributed by atoms with E-state index in [9.17, 15) is 13.2 Å². The fourth-order valence-corrected chi connectivity index (χ4v) is 2.29. The van der Waals surface area contributed by atoms with Crippen LogP contribution in [0.4, 0.5) is 18.9 Å². The Morgan fingerprint density at radius 3 is 2.36 bits per heavy atom. The summed E-state index contributed by atoms with van der Waals surface area (Å²) in [6.45, 7) is 3.82. The van der Waals surface area contributed by atoms with E-state index in [4.69, 9.17) is 12.2 Å². The number of nitrogens with zero attached hydrogens (tertiary/aromatic N) is 1. The molecule has 0 atom stereocenters. The molecule has 0 aromatic heterocycles. The molecular weight excluding hydrogens is 317 g/mol. The van der Waals surface area contributed by atoms with Crippen molar-refractivity contribution in [2.45, 2.75) is 6.36 Å². The number of rotatable bonds is 3. The molecule has 1 aliphatic heterocycles. The molecule has 0 saturated carbocycles.